The Morgan fingerprint density at radius 1 is 1.53 bits per heavy atom. The van der Waals surface area contributed by atoms with Crippen LogP contribution in [-0.4, -0.2) is 22.8 Å². The summed E-state index contributed by atoms with van der Waals surface area (Å²) in [5.41, 5.74) is -0.686. The summed E-state index contributed by atoms with van der Waals surface area (Å²) in [5, 5.41) is 5.41. The molecule has 0 spiro atoms. The molecule has 0 aliphatic carbocycles. The van der Waals surface area contributed by atoms with Crippen LogP contribution in [0.3, 0.4) is 0 Å². The Morgan fingerprint density at radius 2 is 2.24 bits per heavy atom. The van der Waals surface area contributed by atoms with Gasteiger partial charge in [0.05, 0.1) is 0 Å². The van der Waals surface area contributed by atoms with Gasteiger partial charge in [0.1, 0.15) is 5.82 Å². The quantitative estimate of drug-likeness (QED) is 0.608. The molecule has 0 saturated carbocycles. The average Bonchev–Trinajstić information content (AvgIpc) is 2.28. The number of H-pyrrole nitrogens is 1. The van der Waals surface area contributed by atoms with Crippen LogP contribution in [-0.2, 0) is 6.54 Å². The minimum Gasteiger partial charge on any atom is -0.292 e. The van der Waals surface area contributed by atoms with E-state index in [2.05, 4.69) is 10.1 Å². The molecule has 0 aliphatic heterocycles. The zero-order valence-electron chi connectivity index (χ0n) is 10.4. The highest BCUT2D eigenvalue weighted by atomic mass is 16.2. The van der Waals surface area contributed by atoms with E-state index in [0.29, 0.717) is 12.4 Å². The lowest BCUT2D eigenvalue weighted by Gasteiger charge is -2.12. The van der Waals surface area contributed by atoms with Crippen LogP contribution in [0.4, 0.5) is 5.82 Å². The van der Waals surface area contributed by atoms with Gasteiger partial charge in [0.25, 0.3) is 5.56 Å². The van der Waals surface area contributed by atoms with Gasteiger partial charge in [-0.05, 0) is 13.3 Å². The van der Waals surface area contributed by atoms with Gasteiger partial charge in [-0.15, -0.1) is 0 Å². The van der Waals surface area contributed by atoms with Crippen LogP contribution in [0.1, 0.15) is 26.7 Å². The highest BCUT2D eigenvalue weighted by Crippen LogP contribution is 2.02. The van der Waals surface area contributed by atoms with Crippen LogP contribution in [0.5, 0.6) is 0 Å². The van der Waals surface area contributed by atoms with Crippen LogP contribution in [0, 0.1) is 0 Å². The van der Waals surface area contributed by atoms with Crippen LogP contribution >= 0.6 is 0 Å². The maximum Gasteiger partial charge on any atom is 0.329 e. The number of hydrogen-bond acceptors (Lipinski definition) is 4. The molecule has 1 aromatic rings. The smallest absolute Gasteiger partial charge is 0.292 e. The van der Waals surface area contributed by atoms with E-state index in [4.69, 9.17) is 0 Å². The highest BCUT2D eigenvalue weighted by molar-refractivity contribution is 5.55. The number of aromatic amines is 1. The second kappa shape index (κ2) is 6.03. The van der Waals surface area contributed by atoms with Crippen molar-refractivity contribution in [3.05, 3.63) is 26.9 Å². The number of hydrogen-bond donors (Lipinski definition) is 1. The Labute approximate surface area is 99.6 Å². The first kappa shape index (κ1) is 13.2. The van der Waals surface area contributed by atoms with Gasteiger partial charge in [0, 0.05) is 25.9 Å². The molecule has 17 heavy (non-hydrogen) atoms. The fourth-order valence-electron chi connectivity index (χ4n) is 1.45. The monoisotopic (exact) mass is 238 g/mol. The molecule has 0 bridgehead atoms. The van der Waals surface area contributed by atoms with Crippen LogP contribution < -0.4 is 16.3 Å². The molecule has 1 heterocycles. The van der Waals surface area contributed by atoms with Crippen molar-refractivity contribution in [1.82, 2.24) is 9.55 Å². The van der Waals surface area contributed by atoms with Crippen LogP contribution in [0.2, 0.25) is 0 Å². The lowest BCUT2D eigenvalue weighted by atomic mass is 10.3. The molecule has 0 unspecified atom stereocenters. The lowest BCUT2D eigenvalue weighted by Crippen LogP contribution is -2.36. The highest BCUT2D eigenvalue weighted by Gasteiger charge is 2.06. The maximum atomic E-state index is 11.7. The van der Waals surface area contributed by atoms with Crippen molar-refractivity contribution in [2.75, 3.05) is 12.1 Å². The van der Waals surface area contributed by atoms with E-state index in [1.165, 1.54) is 15.6 Å². The van der Waals surface area contributed by atoms with Crippen molar-refractivity contribution in [3.8, 4) is 0 Å². The Kier molecular flexibility index (Phi) is 4.68. The van der Waals surface area contributed by atoms with Gasteiger partial charge in [0.2, 0.25) is 0 Å². The second-order valence-electron chi connectivity index (χ2n) is 3.70. The molecule has 0 radical (unpaired) electrons. The number of rotatable bonds is 5. The lowest BCUT2D eigenvalue weighted by molar-refractivity contribution is 0.582. The molecule has 6 nitrogen and oxygen atoms in total. The zero-order valence-corrected chi connectivity index (χ0v) is 10.4. The molecule has 1 rings (SSSR count). The topological polar surface area (TPSA) is 70.5 Å². The third-order valence-corrected chi connectivity index (χ3v) is 2.38. The molecule has 1 N–H and O–H groups in total. The summed E-state index contributed by atoms with van der Waals surface area (Å²) in [5.74, 6) is 0.394. The Bertz CT molecular complexity index is 470. The van der Waals surface area contributed by atoms with Crippen molar-refractivity contribution < 1.29 is 0 Å². The van der Waals surface area contributed by atoms with Gasteiger partial charge in [-0.25, -0.2) is 4.79 Å². The van der Waals surface area contributed by atoms with Crippen molar-refractivity contribution >= 4 is 12.0 Å². The molecule has 0 atom stereocenters. The zero-order chi connectivity index (χ0) is 12.8. The van der Waals surface area contributed by atoms with Gasteiger partial charge >= 0.3 is 5.69 Å². The summed E-state index contributed by atoms with van der Waals surface area (Å²) in [6.07, 6.45) is 3.33. The van der Waals surface area contributed by atoms with Crippen molar-refractivity contribution in [2.24, 2.45) is 5.10 Å². The fourth-order valence-corrected chi connectivity index (χ4v) is 1.45. The predicted molar refractivity (Wildman–Crippen MR) is 68.8 cm³/mol. The molecular formula is C11H18N4O2. The van der Waals surface area contributed by atoms with E-state index in [9.17, 15) is 9.59 Å². The van der Waals surface area contributed by atoms with Gasteiger partial charge in [0.15, 0.2) is 0 Å². The number of aromatic nitrogens is 2. The van der Waals surface area contributed by atoms with E-state index in [-0.39, 0.29) is 11.2 Å². The molecular weight excluding hydrogens is 220 g/mol. The third-order valence-electron chi connectivity index (χ3n) is 2.38. The van der Waals surface area contributed by atoms with Crippen molar-refractivity contribution in [2.45, 2.75) is 33.2 Å². The standard InChI is InChI=1S/C11H18N4O2/c1-4-6-7-15-10(16)8-9(13-11(15)17)14(3)12-5-2/h5,8H,4,6-7H2,1-3H3,(H,13,17)/b12-5+. The molecule has 0 fully saturated rings. The second-order valence-corrected chi connectivity index (χ2v) is 3.70. The first-order chi connectivity index (χ1) is 8.10. The van der Waals surface area contributed by atoms with Gasteiger partial charge in [-0.1, -0.05) is 13.3 Å². The van der Waals surface area contributed by atoms with Gasteiger partial charge in [-0.3, -0.25) is 19.4 Å². The summed E-state index contributed by atoms with van der Waals surface area (Å²) in [6.45, 7) is 4.22. The van der Waals surface area contributed by atoms with E-state index >= 15 is 0 Å². The Morgan fingerprint density at radius 3 is 2.76 bits per heavy atom. The van der Waals surface area contributed by atoms with Gasteiger partial charge < -0.3 is 0 Å². The summed E-state index contributed by atoms with van der Waals surface area (Å²) < 4.78 is 1.20. The molecule has 1 aromatic heterocycles. The number of nitrogens with zero attached hydrogens (tertiary/aromatic N) is 3. The first-order valence-corrected chi connectivity index (χ1v) is 5.66. The molecule has 0 amide bonds. The number of nitrogens with one attached hydrogen (secondary N) is 1. The molecule has 0 aliphatic rings. The average molecular weight is 238 g/mol. The minimum atomic E-state index is -0.390. The number of unbranched alkanes of at least 4 members (excludes halogenated alkanes) is 1. The summed E-state index contributed by atoms with van der Waals surface area (Å²) in [6, 6.07) is 1.38. The SMILES string of the molecule is C/C=N/N(C)c1cc(=O)n(CCCC)c(=O)[nH]1. The fraction of sp³-hybridized carbons (Fsp3) is 0.545. The van der Waals surface area contributed by atoms with Gasteiger partial charge in [-0.2, -0.15) is 5.10 Å². The number of anilines is 1. The van der Waals surface area contributed by atoms with Crippen molar-refractivity contribution in [3.63, 3.8) is 0 Å². The Balaban J connectivity index is 3.09. The molecule has 0 saturated heterocycles. The van der Waals surface area contributed by atoms with Crippen LogP contribution in [0.25, 0.3) is 0 Å². The summed E-state index contributed by atoms with van der Waals surface area (Å²) >= 11 is 0. The van der Waals surface area contributed by atoms with E-state index in [1.807, 2.05) is 6.92 Å². The van der Waals surface area contributed by atoms with E-state index < -0.39 is 0 Å². The van der Waals surface area contributed by atoms with E-state index in [0.717, 1.165) is 12.8 Å². The maximum absolute atomic E-state index is 11.7. The first-order valence-electron chi connectivity index (χ1n) is 5.66. The van der Waals surface area contributed by atoms with Crippen molar-refractivity contribution in [1.29, 1.82) is 0 Å². The summed E-state index contributed by atoms with van der Waals surface area (Å²) in [4.78, 5) is 26.1. The van der Waals surface area contributed by atoms with Crippen LogP contribution in [0.15, 0.2) is 20.8 Å². The third kappa shape index (κ3) is 3.30. The summed E-state index contributed by atoms with van der Waals surface area (Å²) in [7, 11) is 1.67. The molecule has 0 aromatic carbocycles. The largest absolute Gasteiger partial charge is 0.329 e. The Hall–Kier alpha value is -1.85. The minimum absolute atomic E-state index is 0.296. The molecule has 6 heteroatoms. The normalized spacial score (nSPS) is 11.0. The molecule has 94 valence electrons. The number of hydrazone groups is 1. The predicted octanol–water partition coefficient (Wildman–Crippen LogP) is 0.779. The van der Waals surface area contributed by atoms with E-state index in [1.54, 1.807) is 20.2 Å².